The van der Waals surface area contributed by atoms with Gasteiger partial charge >= 0.3 is 11.8 Å². The number of methoxy groups -OCH3 is 1. The monoisotopic (exact) mass is 334 g/mol. The van der Waals surface area contributed by atoms with Gasteiger partial charge in [0, 0.05) is 19.1 Å². The fourth-order valence-electron chi connectivity index (χ4n) is 2.71. The second kappa shape index (κ2) is 8.68. The van der Waals surface area contributed by atoms with Crippen molar-refractivity contribution in [1.29, 1.82) is 0 Å². The molecule has 0 spiro atoms. The number of hydrogen-bond acceptors (Lipinski definition) is 4. The normalized spacial score (nSPS) is 18.2. The van der Waals surface area contributed by atoms with Gasteiger partial charge in [0.25, 0.3) is 0 Å². The molecule has 1 fully saturated rings. The zero-order chi connectivity index (χ0) is 17.5. The third-order valence-electron chi connectivity index (χ3n) is 4.21. The molecule has 2 rings (SSSR count). The summed E-state index contributed by atoms with van der Waals surface area (Å²) in [5, 5.41) is 5.51. The van der Waals surface area contributed by atoms with E-state index in [-0.39, 0.29) is 12.0 Å². The van der Waals surface area contributed by atoms with E-state index in [1.165, 1.54) is 0 Å². The predicted octanol–water partition coefficient (Wildman–Crippen LogP) is 1.66. The van der Waals surface area contributed by atoms with Crippen LogP contribution in [0.3, 0.4) is 0 Å². The number of benzene rings is 1. The Bertz CT molecular complexity index is 551. The standard InChI is InChI=1S/C18H26N2O4/c1-12(2)16(14-4-6-15(23-3)7-5-14)20-18(22)17(21)19-10-13-8-9-24-11-13/h4-7,12-13,16H,8-11H2,1-3H3,(H,19,21)(H,20,22). The quantitative estimate of drug-likeness (QED) is 0.776. The van der Waals surface area contributed by atoms with E-state index >= 15 is 0 Å². The summed E-state index contributed by atoms with van der Waals surface area (Å²) in [7, 11) is 1.61. The van der Waals surface area contributed by atoms with Crippen molar-refractivity contribution in [2.24, 2.45) is 11.8 Å². The maximum atomic E-state index is 12.2. The lowest BCUT2D eigenvalue weighted by molar-refractivity contribution is -0.140. The maximum absolute atomic E-state index is 12.2. The SMILES string of the molecule is COc1ccc(C(NC(=O)C(=O)NCC2CCOC2)C(C)C)cc1. The van der Waals surface area contributed by atoms with E-state index in [1.54, 1.807) is 7.11 Å². The molecule has 0 saturated carbocycles. The van der Waals surface area contributed by atoms with E-state index in [4.69, 9.17) is 9.47 Å². The average Bonchev–Trinajstić information content (AvgIpc) is 3.10. The van der Waals surface area contributed by atoms with E-state index in [0.29, 0.717) is 19.1 Å². The highest BCUT2D eigenvalue weighted by Crippen LogP contribution is 2.23. The lowest BCUT2D eigenvalue weighted by Crippen LogP contribution is -2.44. The Hall–Kier alpha value is -2.08. The Kier molecular flexibility index (Phi) is 6.61. The minimum Gasteiger partial charge on any atom is -0.497 e. The molecule has 0 aromatic heterocycles. The number of rotatable bonds is 6. The van der Waals surface area contributed by atoms with Gasteiger partial charge in [-0.25, -0.2) is 0 Å². The first-order valence-electron chi connectivity index (χ1n) is 8.31. The topological polar surface area (TPSA) is 76.7 Å². The third kappa shape index (κ3) is 4.96. The minimum atomic E-state index is -0.608. The first kappa shape index (κ1) is 18.3. The summed E-state index contributed by atoms with van der Waals surface area (Å²) in [5.41, 5.74) is 0.941. The van der Waals surface area contributed by atoms with Crippen molar-refractivity contribution in [1.82, 2.24) is 10.6 Å². The van der Waals surface area contributed by atoms with Gasteiger partial charge < -0.3 is 20.1 Å². The van der Waals surface area contributed by atoms with Crippen LogP contribution in [-0.2, 0) is 14.3 Å². The van der Waals surface area contributed by atoms with E-state index < -0.39 is 11.8 Å². The van der Waals surface area contributed by atoms with E-state index in [0.717, 1.165) is 24.3 Å². The van der Waals surface area contributed by atoms with Crippen molar-refractivity contribution >= 4 is 11.8 Å². The van der Waals surface area contributed by atoms with Crippen molar-refractivity contribution in [3.63, 3.8) is 0 Å². The molecule has 2 amide bonds. The molecule has 2 unspecified atom stereocenters. The molecular weight excluding hydrogens is 308 g/mol. The zero-order valence-corrected chi connectivity index (χ0v) is 14.5. The number of carbonyl (C=O) groups excluding carboxylic acids is 2. The van der Waals surface area contributed by atoms with Crippen LogP contribution in [0, 0.1) is 11.8 Å². The summed E-state index contributed by atoms with van der Waals surface area (Å²) in [4.78, 5) is 24.2. The minimum absolute atomic E-state index is 0.151. The Morgan fingerprint density at radius 2 is 1.96 bits per heavy atom. The molecule has 0 radical (unpaired) electrons. The number of nitrogens with one attached hydrogen (secondary N) is 2. The van der Waals surface area contributed by atoms with Gasteiger partial charge in [-0.1, -0.05) is 26.0 Å². The lowest BCUT2D eigenvalue weighted by Gasteiger charge is -2.23. The molecular formula is C18H26N2O4. The van der Waals surface area contributed by atoms with Gasteiger partial charge in [0.2, 0.25) is 0 Å². The molecule has 1 aromatic rings. The van der Waals surface area contributed by atoms with Gasteiger partial charge in [-0.05, 0) is 30.0 Å². The lowest BCUT2D eigenvalue weighted by atomic mass is 9.96. The fourth-order valence-corrected chi connectivity index (χ4v) is 2.71. The van der Waals surface area contributed by atoms with Gasteiger partial charge in [0.05, 0.1) is 19.8 Å². The summed E-state index contributed by atoms with van der Waals surface area (Å²) in [6.45, 7) is 5.84. The summed E-state index contributed by atoms with van der Waals surface area (Å²) in [6.07, 6.45) is 0.919. The molecule has 1 saturated heterocycles. The predicted molar refractivity (Wildman–Crippen MR) is 90.7 cm³/mol. The highest BCUT2D eigenvalue weighted by Gasteiger charge is 2.24. The Morgan fingerprint density at radius 1 is 1.25 bits per heavy atom. The van der Waals surface area contributed by atoms with Gasteiger partial charge in [-0.15, -0.1) is 0 Å². The average molecular weight is 334 g/mol. The van der Waals surface area contributed by atoms with Gasteiger partial charge in [-0.2, -0.15) is 0 Å². The third-order valence-corrected chi connectivity index (χ3v) is 4.21. The first-order valence-corrected chi connectivity index (χ1v) is 8.31. The second-order valence-electron chi connectivity index (χ2n) is 6.41. The number of carbonyl (C=O) groups is 2. The van der Waals surface area contributed by atoms with Crippen LogP contribution >= 0.6 is 0 Å². The van der Waals surface area contributed by atoms with E-state index in [1.807, 2.05) is 38.1 Å². The first-order chi connectivity index (χ1) is 11.5. The van der Waals surface area contributed by atoms with E-state index in [9.17, 15) is 9.59 Å². The van der Waals surface area contributed by atoms with E-state index in [2.05, 4.69) is 10.6 Å². The second-order valence-corrected chi connectivity index (χ2v) is 6.41. The molecule has 1 heterocycles. The van der Waals surface area contributed by atoms with Crippen molar-refractivity contribution in [2.75, 3.05) is 26.9 Å². The highest BCUT2D eigenvalue weighted by molar-refractivity contribution is 6.35. The molecule has 0 bridgehead atoms. The van der Waals surface area contributed by atoms with Crippen molar-refractivity contribution in [3.8, 4) is 5.75 Å². The summed E-state index contributed by atoms with van der Waals surface area (Å²) >= 11 is 0. The summed E-state index contributed by atoms with van der Waals surface area (Å²) in [5.74, 6) is -0.00351. The Labute approximate surface area is 142 Å². The van der Waals surface area contributed by atoms with Crippen LogP contribution in [0.4, 0.5) is 0 Å². The van der Waals surface area contributed by atoms with Crippen LogP contribution in [0.2, 0.25) is 0 Å². The van der Waals surface area contributed by atoms with Gasteiger partial charge in [-0.3, -0.25) is 9.59 Å². The Balaban J connectivity index is 1.92. The molecule has 2 atom stereocenters. The van der Waals surface area contributed by atoms with Gasteiger partial charge in [0.1, 0.15) is 5.75 Å². The number of ether oxygens (including phenoxy) is 2. The molecule has 6 nitrogen and oxygen atoms in total. The molecule has 24 heavy (non-hydrogen) atoms. The van der Waals surface area contributed by atoms with Crippen LogP contribution in [-0.4, -0.2) is 38.7 Å². The molecule has 132 valence electrons. The Morgan fingerprint density at radius 3 is 2.50 bits per heavy atom. The van der Waals surface area contributed by atoms with Crippen molar-refractivity contribution < 1.29 is 19.1 Å². The summed E-state index contributed by atoms with van der Waals surface area (Å²) < 4.78 is 10.4. The van der Waals surface area contributed by atoms with Crippen molar-refractivity contribution in [3.05, 3.63) is 29.8 Å². The highest BCUT2D eigenvalue weighted by atomic mass is 16.5. The van der Waals surface area contributed by atoms with Gasteiger partial charge in [0.15, 0.2) is 0 Å². The molecule has 6 heteroatoms. The van der Waals surface area contributed by atoms with Crippen molar-refractivity contribution in [2.45, 2.75) is 26.3 Å². The smallest absolute Gasteiger partial charge is 0.309 e. The molecule has 1 aliphatic rings. The molecule has 2 N–H and O–H groups in total. The number of amides is 2. The van der Waals surface area contributed by atoms with Crippen LogP contribution in [0.15, 0.2) is 24.3 Å². The number of hydrogen-bond donors (Lipinski definition) is 2. The summed E-state index contributed by atoms with van der Waals surface area (Å²) in [6, 6.07) is 7.26. The zero-order valence-electron chi connectivity index (χ0n) is 14.5. The molecule has 0 aliphatic carbocycles. The van der Waals surface area contributed by atoms with Crippen LogP contribution in [0.1, 0.15) is 31.9 Å². The van der Waals surface area contributed by atoms with Crippen LogP contribution < -0.4 is 15.4 Å². The molecule has 1 aliphatic heterocycles. The van der Waals surface area contributed by atoms with Crippen LogP contribution in [0.5, 0.6) is 5.75 Å². The maximum Gasteiger partial charge on any atom is 0.309 e. The largest absolute Gasteiger partial charge is 0.497 e. The van der Waals surface area contributed by atoms with Crippen LogP contribution in [0.25, 0.3) is 0 Å². The molecule has 1 aromatic carbocycles. The fraction of sp³-hybridized carbons (Fsp3) is 0.556.